The Bertz CT molecular complexity index is 1160. The van der Waals surface area contributed by atoms with Gasteiger partial charge in [0.05, 0.1) is 5.69 Å². The van der Waals surface area contributed by atoms with Crippen LogP contribution in [-0.2, 0) is 10.0 Å². The average molecular weight is 433 g/mol. The Morgan fingerprint density at radius 1 is 1.21 bits per heavy atom. The summed E-state index contributed by atoms with van der Waals surface area (Å²) in [6.45, 7) is 5.11. The molecule has 152 valence electrons. The van der Waals surface area contributed by atoms with E-state index < -0.39 is 10.0 Å². The third kappa shape index (κ3) is 4.03. The van der Waals surface area contributed by atoms with Crippen LogP contribution >= 0.6 is 11.3 Å². The predicted octanol–water partition coefficient (Wildman–Crippen LogP) is 3.45. The molecule has 10 heteroatoms. The third-order valence-electron chi connectivity index (χ3n) is 4.74. The lowest BCUT2D eigenvalue weighted by molar-refractivity contribution is 0.0743. The summed E-state index contributed by atoms with van der Waals surface area (Å²) in [5, 5.41) is 5.47. The van der Waals surface area contributed by atoms with E-state index in [1.54, 1.807) is 16.3 Å². The van der Waals surface area contributed by atoms with Crippen LogP contribution in [0.3, 0.4) is 0 Å². The highest BCUT2D eigenvalue weighted by Gasteiger charge is 2.26. The molecule has 0 radical (unpaired) electrons. The van der Waals surface area contributed by atoms with E-state index in [9.17, 15) is 13.2 Å². The standard InChI is InChI=1S/C19H20N4O4S2/c1-12-5-6-13(2)15(9-12)22-29(25,26)16-10-14(11-28-16)17-20-18(27-21-17)19(24)23-7-3-4-8-23/h5-6,9-11,22H,3-4,7-8H2,1-2H3. The van der Waals surface area contributed by atoms with Gasteiger partial charge in [-0.15, -0.1) is 11.3 Å². The molecule has 1 saturated heterocycles. The minimum Gasteiger partial charge on any atom is -0.334 e. The third-order valence-corrected chi connectivity index (χ3v) is 7.54. The zero-order valence-corrected chi connectivity index (χ0v) is 17.6. The average Bonchev–Trinajstić information content (AvgIpc) is 3.44. The Kier molecular flexibility index (Phi) is 5.13. The molecule has 1 aromatic carbocycles. The quantitative estimate of drug-likeness (QED) is 0.662. The molecular weight excluding hydrogens is 412 g/mol. The lowest BCUT2D eigenvalue weighted by Gasteiger charge is -2.10. The summed E-state index contributed by atoms with van der Waals surface area (Å²) in [7, 11) is -3.76. The van der Waals surface area contributed by atoms with Crippen molar-refractivity contribution in [1.82, 2.24) is 15.0 Å². The zero-order chi connectivity index (χ0) is 20.6. The molecule has 29 heavy (non-hydrogen) atoms. The second-order valence-electron chi connectivity index (χ2n) is 7.00. The molecule has 1 aliphatic rings. The highest BCUT2D eigenvalue weighted by molar-refractivity contribution is 7.94. The number of anilines is 1. The normalized spacial score (nSPS) is 14.3. The van der Waals surface area contributed by atoms with Crippen molar-refractivity contribution in [1.29, 1.82) is 0 Å². The van der Waals surface area contributed by atoms with Crippen LogP contribution in [0.25, 0.3) is 11.4 Å². The topological polar surface area (TPSA) is 105 Å². The van der Waals surface area contributed by atoms with Gasteiger partial charge < -0.3 is 9.42 Å². The number of amides is 1. The lowest BCUT2D eigenvalue weighted by atomic mass is 10.1. The SMILES string of the molecule is Cc1ccc(C)c(NS(=O)(=O)c2cc(-c3noc(C(=O)N4CCCC4)n3)cs2)c1. The van der Waals surface area contributed by atoms with E-state index >= 15 is 0 Å². The van der Waals surface area contributed by atoms with Gasteiger partial charge in [0.2, 0.25) is 5.82 Å². The van der Waals surface area contributed by atoms with Gasteiger partial charge in [0, 0.05) is 24.0 Å². The fraction of sp³-hybridized carbons (Fsp3) is 0.316. The minimum atomic E-state index is -3.76. The number of rotatable bonds is 5. The van der Waals surface area contributed by atoms with Gasteiger partial charge in [-0.3, -0.25) is 9.52 Å². The van der Waals surface area contributed by atoms with Crippen LogP contribution in [0, 0.1) is 13.8 Å². The number of benzene rings is 1. The van der Waals surface area contributed by atoms with Crippen molar-refractivity contribution in [3.05, 3.63) is 46.7 Å². The van der Waals surface area contributed by atoms with Gasteiger partial charge in [-0.25, -0.2) is 8.42 Å². The fourth-order valence-electron chi connectivity index (χ4n) is 3.10. The molecule has 1 fully saturated rings. The molecule has 1 aliphatic heterocycles. The summed E-state index contributed by atoms with van der Waals surface area (Å²) < 4.78 is 33.4. The molecule has 0 spiro atoms. The highest BCUT2D eigenvalue weighted by atomic mass is 32.2. The number of carbonyl (C=O) groups is 1. The molecule has 0 unspecified atom stereocenters. The smallest absolute Gasteiger partial charge is 0.316 e. The summed E-state index contributed by atoms with van der Waals surface area (Å²) in [5.41, 5.74) is 2.82. The van der Waals surface area contributed by atoms with Gasteiger partial charge in [-0.2, -0.15) is 4.98 Å². The number of thiophene rings is 1. The van der Waals surface area contributed by atoms with E-state index in [1.165, 1.54) is 6.07 Å². The first-order valence-corrected chi connectivity index (χ1v) is 11.5. The monoisotopic (exact) mass is 432 g/mol. The van der Waals surface area contributed by atoms with Crippen LogP contribution in [0.2, 0.25) is 0 Å². The van der Waals surface area contributed by atoms with E-state index in [2.05, 4.69) is 14.9 Å². The van der Waals surface area contributed by atoms with Gasteiger partial charge in [-0.05, 0) is 49.9 Å². The molecule has 8 nitrogen and oxygen atoms in total. The molecule has 0 saturated carbocycles. The summed E-state index contributed by atoms with van der Waals surface area (Å²) in [4.78, 5) is 18.2. The maximum atomic E-state index is 12.8. The molecule has 2 aromatic heterocycles. The summed E-state index contributed by atoms with van der Waals surface area (Å²) in [6, 6.07) is 7.06. The van der Waals surface area contributed by atoms with Crippen molar-refractivity contribution in [2.75, 3.05) is 17.8 Å². The molecule has 1 amide bonds. The molecule has 0 bridgehead atoms. The molecule has 4 rings (SSSR count). The Balaban J connectivity index is 1.55. The number of aromatic nitrogens is 2. The van der Waals surface area contributed by atoms with Crippen LogP contribution < -0.4 is 4.72 Å². The van der Waals surface area contributed by atoms with E-state index in [4.69, 9.17) is 4.52 Å². The van der Waals surface area contributed by atoms with Gasteiger partial charge in [0.15, 0.2) is 0 Å². The van der Waals surface area contributed by atoms with Crippen LogP contribution in [0.1, 0.15) is 34.7 Å². The number of hydrogen-bond acceptors (Lipinski definition) is 7. The summed E-state index contributed by atoms with van der Waals surface area (Å²) in [5.74, 6) is -0.177. The number of nitrogens with zero attached hydrogens (tertiary/aromatic N) is 3. The van der Waals surface area contributed by atoms with Crippen molar-refractivity contribution in [2.45, 2.75) is 30.9 Å². The number of hydrogen-bond donors (Lipinski definition) is 1. The Morgan fingerprint density at radius 2 is 1.97 bits per heavy atom. The van der Waals surface area contributed by atoms with Crippen molar-refractivity contribution < 1.29 is 17.7 Å². The first kappa shape index (κ1) is 19.6. The van der Waals surface area contributed by atoms with E-state index in [0.29, 0.717) is 24.3 Å². The molecule has 3 heterocycles. The first-order chi connectivity index (χ1) is 13.8. The van der Waals surface area contributed by atoms with E-state index in [-0.39, 0.29) is 21.8 Å². The minimum absolute atomic E-state index is 0.0778. The fourth-order valence-corrected chi connectivity index (χ4v) is 5.38. The van der Waals surface area contributed by atoms with Crippen molar-refractivity contribution >= 4 is 33.0 Å². The van der Waals surface area contributed by atoms with Crippen LogP contribution in [0.15, 0.2) is 38.4 Å². The molecule has 3 aromatic rings. The van der Waals surface area contributed by atoms with Gasteiger partial charge in [0.25, 0.3) is 10.0 Å². The molecule has 0 aliphatic carbocycles. The number of sulfonamides is 1. The van der Waals surface area contributed by atoms with Crippen molar-refractivity contribution in [2.24, 2.45) is 0 Å². The second kappa shape index (κ2) is 7.60. The second-order valence-corrected chi connectivity index (χ2v) is 9.82. The number of nitrogens with one attached hydrogen (secondary N) is 1. The maximum absolute atomic E-state index is 12.8. The van der Waals surface area contributed by atoms with Crippen molar-refractivity contribution in [3.63, 3.8) is 0 Å². The Labute approximate surface area is 172 Å². The number of carbonyl (C=O) groups excluding carboxylic acids is 1. The highest BCUT2D eigenvalue weighted by Crippen LogP contribution is 2.29. The largest absolute Gasteiger partial charge is 0.334 e. The van der Waals surface area contributed by atoms with Crippen LogP contribution in [0.4, 0.5) is 5.69 Å². The summed E-state index contributed by atoms with van der Waals surface area (Å²) in [6.07, 6.45) is 1.93. The van der Waals surface area contributed by atoms with Crippen LogP contribution in [-0.4, -0.2) is 42.5 Å². The zero-order valence-electron chi connectivity index (χ0n) is 16.0. The number of aryl methyl sites for hydroxylation is 2. The first-order valence-electron chi connectivity index (χ1n) is 9.15. The van der Waals surface area contributed by atoms with Gasteiger partial charge in [0.1, 0.15) is 4.21 Å². The maximum Gasteiger partial charge on any atom is 0.316 e. The molecule has 0 atom stereocenters. The molecular formula is C19H20N4O4S2. The predicted molar refractivity (Wildman–Crippen MR) is 109 cm³/mol. The van der Waals surface area contributed by atoms with Crippen LogP contribution in [0.5, 0.6) is 0 Å². The van der Waals surface area contributed by atoms with Gasteiger partial charge in [-0.1, -0.05) is 17.3 Å². The van der Waals surface area contributed by atoms with E-state index in [1.807, 2.05) is 26.0 Å². The number of likely N-dealkylation sites (tertiary alicyclic amines) is 1. The van der Waals surface area contributed by atoms with Crippen molar-refractivity contribution in [3.8, 4) is 11.4 Å². The Morgan fingerprint density at radius 3 is 2.72 bits per heavy atom. The van der Waals surface area contributed by atoms with Gasteiger partial charge >= 0.3 is 11.8 Å². The van der Waals surface area contributed by atoms with E-state index in [0.717, 1.165) is 35.3 Å². The Hall–Kier alpha value is -2.72. The molecule has 1 N–H and O–H groups in total. The lowest BCUT2D eigenvalue weighted by Crippen LogP contribution is -2.27. The summed E-state index contributed by atoms with van der Waals surface area (Å²) >= 11 is 1.06.